The molecule has 1 aromatic rings. The van der Waals surface area contributed by atoms with Crippen LogP contribution in [0.2, 0.25) is 0 Å². The smallest absolute Gasteiger partial charge is 0.257 e. The van der Waals surface area contributed by atoms with E-state index in [1.165, 1.54) is 18.2 Å². The van der Waals surface area contributed by atoms with Gasteiger partial charge in [-0.3, -0.25) is 4.79 Å². The zero-order valence-electron chi connectivity index (χ0n) is 12.4. The molecule has 5 heteroatoms. The number of amides is 1. The average Bonchev–Trinajstić information content (AvgIpc) is 2.37. The zero-order chi connectivity index (χ0) is 15.3. The van der Waals surface area contributed by atoms with Gasteiger partial charge in [0.2, 0.25) is 0 Å². The standard InChI is InChI=1S/C15H24N2O3/c1-4-7-17(10-15(2,3)9-16)14(20)12-6-5-11(18)8-13(12)19/h5-6,8,18-19H,4,7,9-10,16H2,1-3H3. The molecule has 112 valence electrons. The van der Waals surface area contributed by atoms with Crippen LogP contribution in [0.3, 0.4) is 0 Å². The van der Waals surface area contributed by atoms with Crippen LogP contribution in [0.4, 0.5) is 0 Å². The Hall–Kier alpha value is -1.75. The quantitative estimate of drug-likeness (QED) is 0.743. The van der Waals surface area contributed by atoms with Gasteiger partial charge in [-0.25, -0.2) is 0 Å². The molecule has 1 rings (SSSR count). The third kappa shape index (κ3) is 4.13. The number of carbonyl (C=O) groups is 1. The van der Waals surface area contributed by atoms with Crippen molar-refractivity contribution in [3.63, 3.8) is 0 Å². The summed E-state index contributed by atoms with van der Waals surface area (Å²) in [5.74, 6) is -0.518. The molecule has 0 aliphatic carbocycles. The molecule has 0 aliphatic rings. The first kappa shape index (κ1) is 16.3. The molecule has 0 spiro atoms. The van der Waals surface area contributed by atoms with Gasteiger partial charge in [0.25, 0.3) is 5.91 Å². The molecule has 0 fully saturated rings. The van der Waals surface area contributed by atoms with Gasteiger partial charge in [0.15, 0.2) is 0 Å². The van der Waals surface area contributed by atoms with Gasteiger partial charge in [-0.05, 0) is 30.5 Å². The van der Waals surface area contributed by atoms with Crippen molar-refractivity contribution < 1.29 is 15.0 Å². The van der Waals surface area contributed by atoms with Gasteiger partial charge in [0.05, 0.1) is 5.56 Å². The van der Waals surface area contributed by atoms with Crippen LogP contribution in [0.25, 0.3) is 0 Å². The fraction of sp³-hybridized carbons (Fsp3) is 0.533. The van der Waals surface area contributed by atoms with Crippen LogP contribution in [-0.2, 0) is 0 Å². The molecule has 0 bridgehead atoms. The van der Waals surface area contributed by atoms with Crippen molar-refractivity contribution in [3.05, 3.63) is 23.8 Å². The van der Waals surface area contributed by atoms with E-state index >= 15 is 0 Å². The Labute approximate surface area is 120 Å². The molecule has 20 heavy (non-hydrogen) atoms. The fourth-order valence-corrected chi connectivity index (χ4v) is 1.97. The van der Waals surface area contributed by atoms with E-state index in [0.29, 0.717) is 19.6 Å². The second-order valence-electron chi connectivity index (χ2n) is 5.80. The van der Waals surface area contributed by atoms with E-state index < -0.39 is 0 Å². The van der Waals surface area contributed by atoms with E-state index in [1.54, 1.807) is 4.90 Å². The lowest BCUT2D eigenvalue weighted by molar-refractivity contribution is 0.0686. The number of hydrogen-bond donors (Lipinski definition) is 3. The molecule has 4 N–H and O–H groups in total. The molecule has 0 atom stereocenters. The first-order chi connectivity index (χ1) is 9.30. The molecule has 0 unspecified atom stereocenters. The van der Waals surface area contributed by atoms with Crippen LogP contribution in [-0.4, -0.2) is 40.7 Å². The molecule has 0 aromatic heterocycles. The van der Waals surface area contributed by atoms with Crippen molar-refractivity contribution in [2.75, 3.05) is 19.6 Å². The summed E-state index contributed by atoms with van der Waals surface area (Å²) in [6.07, 6.45) is 0.825. The van der Waals surface area contributed by atoms with E-state index in [1.807, 2.05) is 20.8 Å². The highest BCUT2D eigenvalue weighted by atomic mass is 16.3. The van der Waals surface area contributed by atoms with Gasteiger partial charge in [0.1, 0.15) is 11.5 Å². The summed E-state index contributed by atoms with van der Waals surface area (Å²) >= 11 is 0. The highest BCUT2D eigenvalue weighted by molar-refractivity contribution is 5.97. The van der Waals surface area contributed by atoms with Gasteiger partial charge >= 0.3 is 0 Å². The predicted octanol–water partition coefficient (Wildman–Crippen LogP) is 1.93. The Morgan fingerprint density at radius 3 is 2.50 bits per heavy atom. The predicted molar refractivity (Wildman–Crippen MR) is 78.8 cm³/mol. The van der Waals surface area contributed by atoms with Crippen LogP contribution in [0.5, 0.6) is 11.5 Å². The lowest BCUT2D eigenvalue weighted by atomic mass is 9.92. The Balaban J connectivity index is 2.99. The van der Waals surface area contributed by atoms with E-state index in [4.69, 9.17) is 5.73 Å². The first-order valence-electron chi connectivity index (χ1n) is 6.82. The monoisotopic (exact) mass is 280 g/mol. The Bertz CT molecular complexity index is 472. The van der Waals surface area contributed by atoms with Crippen molar-refractivity contribution in [1.82, 2.24) is 4.90 Å². The normalized spacial score (nSPS) is 11.4. The minimum Gasteiger partial charge on any atom is -0.508 e. The Morgan fingerprint density at radius 2 is 2.00 bits per heavy atom. The van der Waals surface area contributed by atoms with Crippen LogP contribution in [0.1, 0.15) is 37.6 Å². The molecule has 5 nitrogen and oxygen atoms in total. The molecule has 0 saturated carbocycles. The number of rotatable bonds is 6. The number of nitrogens with two attached hydrogens (primary N) is 1. The lowest BCUT2D eigenvalue weighted by Crippen LogP contribution is -2.42. The molecule has 1 aromatic carbocycles. The average molecular weight is 280 g/mol. The van der Waals surface area contributed by atoms with E-state index in [0.717, 1.165) is 6.42 Å². The molecule has 0 saturated heterocycles. The summed E-state index contributed by atoms with van der Waals surface area (Å²) in [5.41, 5.74) is 5.73. The highest BCUT2D eigenvalue weighted by Gasteiger charge is 2.25. The number of hydrogen-bond acceptors (Lipinski definition) is 4. The fourth-order valence-electron chi connectivity index (χ4n) is 1.97. The maximum absolute atomic E-state index is 12.5. The van der Waals surface area contributed by atoms with Crippen molar-refractivity contribution in [2.24, 2.45) is 11.1 Å². The first-order valence-corrected chi connectivity index (χ1v) is 6.82. The Morgan fingerprint density at radius 1 is 1.35 bits per heavy atom. The number of aromatic hydroxyl groups is 2. The zero-order valence-corrected chi connectivity index (χ0v) is 12.4. The summed E-state index contributed by atoms with van der Waals surface area (Å²) in [4.78, 5) is 14.2. The van der Waals surface area contributed by atoms with E-state index in [2.05, 4.69) is 0 Å². The van der Waals surface area contributed by atoms with Crippen LogP contribution in [0, 0.1) is 5.41 Å². The molecule has 1 amide bonds. The number of phenols is 2. The minimum atomic E-state index is -0.245. The van der Waals surface area contributed by atoms with Gasteiger partial charge < -0.3 is 20.8 Å². The van der Waals surface area contributed by atoms with Gasteiger partial charge in [-0.1, -0.05) is 20.8 Å². The van der Waals surface area contributed by atoms with Gasteiger partial charge in [0, 0.05) is 19.2 Å². The molecular formula is C15H24N2O3. The molecule has 0 radical (unpaired) electrons. The third-order valence-electron chi connectivity index (χ3n) is 3.16. The topological polar surface area (TPSA) is 86.8 Å². The summed E-state index contributed by atoms with van der Waals surface area (Å²) in [6.45, 7) is 7.59. The number of nitrogens with zero attached hydrogens (tertiary/aromatic N) is 1. The van der Waals surface area contributed by atoms with E-state index in [-0.39, 0.29) is 28.4 Å². The number of phenolic OH excluding ortho intramolecular Hbond substituents is 2. The lowest BCUT2D eigenvalue weighted by Gasteiger charge is -2.32. The maximum atomic E-state index is 12.5. The minimum absolute atomic E-state index is 0.0663. The SMILES string of the molecule is CCCN(CC(C)(C)CN)C(=O)c1ccc(O)cc1O. The number of carbonyl (C=O) groups excluding carboxylic acids is 1. The summed E-state index contributed by atoms with van der Waals surface area (Å²) < 4.78 is 0. The number of benzene rings is 1. The Kier molecular flexibility index (Phi) is 5.39. The van der Waals surface area contributed by atoms with Crippen LogP contribution < -0.4 is 5.73 Å². The van der Waals surface area contributed by atoms with Gasteiger partial charge in [-0.2, -0.15) is 0 Å². The van der Waals surface area contributed by atoms with Crippen LogP contribution in [0.15, 0.2) is 18.2 Å². The van der Waals surface area contributed by atoms with E-state index in [9.17, 15) is 15.0 Å². The molecule has 0 heterocycles. The molecule has 0 aliphatic heterocycles. The highest BCUT2D eigenvalue weighted by Crippen LogP contribution is 2.25. The van der Waals surface area contributed by atoms with Crippen LogP contribution >= 0.6 is 0 Å². The summed E-state index contributed by atoms with van der Waals surface area (Å²) in [6, 6.07) is 4.00. The molecular weight excluding hydrogens is 256 g/mol. The largest absolute Gasteiger partial charge is 0.508 e. The van der Waals surface area contributed by atoms with Crippen molar-refractivity contribution in [1.29, 1.82) is 0 Å². The second kappa shape index (κ2) is 6.61. The third-order valence-corrected chi connectivity index (χ3v) is 3.16. The maximum Gasteiger partial charge on any atom is 0.257 e. The van der Waals surface area contributed by atoms with Crippen molar-refractivity contribution in [2.45, 2.75) is 27.2 Å². The van der Waals surface area contributed by atoms with Crippen molar-refractivity contribution in [3.8, 4) is 11.5 Å². The summed E-state index contributed by atoms with van der Waals surface area (Å²) in [5, 5.41) is 19.1. The van der Waals surface area contributed by atoms with Crippen molar-refractivity contribution >= 4 is 5.91 Å². The second-order valence-corrected chi connectivity index (χ2v) is 5.80. The summed E-state index contributed by atoms with van der Waals surface area (Å²) in [7, 11) is 0. The van der Waals surface area contributed by atoms with Gasteiger partial charge in [-0.15, -0.1) is 0 Å².